The number of aryl methyl sites for hydroxylation is 1. The summed E-state index contributed by atoms with van der Waals surface area (Å²) in [6.07, 6.45) is 1.91. The predicted octanol–water partition coefficient (Wildman–Crippen LogP) is 3.95. The third kappa shape index (κ3) is 3.39. The Bertz CT molecular complexity index is 735. The third-order valence-corrected chi connectivity index (χ3v) is 3.92. The molecule has 1 aliphatic carbocycles. The van der Waals surface area contributed by atoms with Crippen molar-refractivity contribution in [2.24, 2.45) is 5.92 Å². The van der Waals surface area contributed by atoms with Gasteiger partial charge >= 0.3 is 0 Å². The molecule has 114 valence electrons. The molecular formula is C16H15BrN2O3. The molecular weight excluding hydrogens is 348 g/mol. The van der Waals surface area contributed by atoms with E-state index in [0.717, 1.165) is 24.1 Å². The molecule has 1 fully saturated rings. The highest BCUT2D eigenvalue weighted by atomic mass is 79.9. The summed E-state index contributed by atoms with van der Waals surface area (Å²) in [7, 11) is 0. The maximum atomic E-state index is 12.1. The smallest absolute Gasteiger partial charge is 0.291 e. The van der Waals surface area contributed by atoms with Crippen molar-refractivity contribution in [3.63, 3.8) is 0 Å². The minimum absolute atomic E-state index is 0.0431. The third-order valence-electron chi connectivity index (χ3n) is 3.50. The van der Waals surface area contributed by atoms with Crippen LogP contribution < -0.4 is 10.6 Å². The summed E-state index contributed by atoms with van der Waals surface area (Å²) < 4.78 is 5.71. The molecule has 1 aromatic heterocycles. The molecule has 2 amide bonds. The van der Waals surface area contributed by atoms with Crippen molar-refractivity contribution in [2.75, 3.05) is 10.6 Å². The van der Waals surface area contributed by atoms with Crippen molar-refractivity contribution in [3.05, 3.63) is 46.3 Å². The van der Waals surface area contributed by atoms with Crippen LogP contribution in [0.1, 0.15) is 29.0 Å². The van der Waals surface area contributed by atoms with E-state index in [-0.39, 0.29) is 23.5 Å². The van der Waals surface area contributed by atoms with Gasteiger partial charge in [0.05, 0.1) is 0 Å². The highest BCUT2D eigenvalue weighted by molar-refractivity contribution is 9.10. The number of nitrogens with one attached hydrogen (secondary N) is 2. The van der Waals surface area contributed by atoms with Gasteiger partial charge in [-0.25, -0.2) is 0 Å². The lowest BCUT2D eigenvalue weighted by Crippen LogP contribution is -2.15. The first-order chi connectivity index (χ1) is 10.5. The first kappa shape index (κ1) is 14.8. The molecule has 0 bridgehead atoms. The number of benzene rings is 1. The lowest BCUT2D eigenvalue weighted by Gasteiger charge is -2.11. The van der Waals surface area contributed by atoms with Gasteiger partial charge in [-0.05, 0) is 65.5 Å². The number of furan rings is 1. The predicted molar refractivity (Wildman–Crippen MR) is 86.9 cm³/mol. The van der Waals surface area contributed by atoms with Crippen LogP contribution in [0.25, 0.3) is 0 Å². The molecule has 3 rings (SSSR count). The summed E-state index contributed by atoms with van der Waals surface area (Å²) in [6, 6.07) is 8.65. The number of anilines is 2. The number of carbonyl (C=O) groups is 2. The summed E-state index contributed by atoms with van der Waals surface area (Å²) >= 11 is 3.16. The minimum atomic E-state index is -0.339. The monoisotopic (exact) mass is 362 g/mol. The second kappa shape index (κ2) is 5.96. The lowest BCUT2D eigenvalue weighted by molar-refractivity contribution is -0.117. The molecule has 2 aromatic rings. The van der Waals surface area contributed by atoms with Crippen molar-refractivity contribution in [1.29, 1.82) is 0 Å². The molecule has 22 heavy (non-hydrogen) atoms. The van der Waals surface area contributed by atoms with Crippen molar-refractivity contribution < 1.29 is 14.0 Å². The van der Waals surface area contributed by atoms with E-state index in [4.69, 9.17) is 4.42 Å². The highest BCUT2D eigenvalue weighted by Crippen LogP contribution is 2.31. The maximum absolute atomic E-state index is 12.1. The normalized spacial score (nSPS) is 13.7. The second-order valence-electron chi connectivity index (χ2n) is 5.35. The van der Waals surface area contributed by atoms with Crippen LogP contribution in [0.3, 0.4) is 0 Å². The zero-order chi connectivity index (χ0) is 15.7. The molecule has 5 nitrogen and oxygen atoms in total. The van der Waals surface area contributed by atoms with Crippen LogP contribution in [0.4, 0.5) is 11.4 Å². The number of hydrogen-bond acceptors (Lipinski definition) is 3. The van der Waals surface area contributed by atoms with E-state index < -0.39 is 0 Å². The van der Waals surface area contributed by atoms with Crippen molar-refractivity contribution in [3.8, 4) is 0 Å². The standard InChI is InChI=1S/C16H15BrN2O3/c1-9-2-5-11(8-12(9)19-15(20)10-3-4-10)18-16(21)13-6-7-14(17)22-13/h2,5-8,10H,3-4H2,1H3,(H,18,21)(H,19,20). The molecule has 6 heteroatoms. The number of halogens is 1. The van der Waals surface area contributed by atoms with E-state index in [1.165, 1.54) is 0 Å². The molecule has 1 aromatic carbocycles. The molecule has 0 radical (unpaired) electrons. The van der Waals surface area contributed by atoms with Gasteiger partial charge in [-0.1, -0.05) is 6.07 Å². The summed E-state index contributed by atoms with van der Waals surface area (Å²) in [5.41, 5.74) is 2.28. The average Bonchev–Trinajstić information content (AvgIpc) is 3.24. The topological polar surface area (TPSA) is 71.3 Å². The average molecular weight is 363 g/mol. The van der Waals surface area contributed by atoms with Gasteiger partial charge in [-0.15, -0.1) is 0 Å². The molecule has 0 aliphatic heterocycles. The summed E-state index contributed by atoms with van der Waals surface area (Å²) in [6.45, 7) is 1.91. The van der Waals surface area contributed by atoms with Crippen LogP contribution in [-0.2, 0) is 4.79 Å². The molecule has 2 N–H and O–H groups in total. The number of carbonyl (C=O) groups excluding carboxylic acids is 2. The Balaban J connectivity index is 1.73. The zero-order valence-electron chi connectivity index (χ0n) is 12.0. The van der Waals surface area contributed by atoms with Crippen LogP contribution >= 0.6 is 15.9 Å². The van der Waals surface area contributed by atoms with Crippen LogP contribution in [0.15, 0.2) is 39.4 Å². The van der Waals surface area contributed by atoms with Gasteiger partial charge in [0.1, 0.15) is 0 Å². The van der Waals surface area contributed by atoms with Crippen molar-refractivity contribution in [2.45, 2.75) is 19.8 Å². The van der Waals surface area contributed by atoms with Crippen LogP contribution in [0, 0.1) is 12.8 Å². The fourth-order valence-corrected chi connectivity index (χ4v) is 2.35. The van der Waals surface area contributed by atoms with E-state index in [1.807, 2.05) is 13.0 Å². The van der Waals surface area contributed by atoms with Gasteiger partial charge in [-0.3, -0.25) is 9.59 Å². The van der Waals surface area contributed by atoms with Gasteiger partial charge in [0.25, 0.3) is 5.91 Å². The SMILES string of the molecule is Cc1ccc(NC(=O)c2ccc(Br)o2)cc1NC(=O)C1CC1. The highest BCUT2D eigenvalue weighted by Gasteiger charge is 2.29. The molecule has 1 heterocycles. The Morgan fingerprint density at radius 2 is 1.95 bits per heavy atom. The second-order valence-corrected chi connectivity index (χ2v) is 6.13. The Morgan fingerprint density at radius 3 is 2.59 bits per heavy atom. The van der Waals surface area contributed by atoms with Crippen LogP contribution in [0.5, 0.6) is 0 Å². The van der Waals surface area contributed by atoms with E-state index in [1.54, 1.807) is 24.3 Å². The largest absolute Gasteiger partial charge is 0.444 e. The van der Waals surface area contributed by atoms with E-state index in [9.17, 15) is 9.59 Å². The molecule has 1 saturated carbocycles. The lowest BCUT2D eigenvalue weighted by atomic mass is 10.1. The zero-order valence-corrected chi connectivity index (χ0v) is 13.6. The first-order valence-corrected chi connectivity index (χ1v) is 7.80. The Morgan fingerprint density at radius 1 is 1.18 bits per heavy atom. The molecule has 0 saturated heterocycles. The molecule has 1 aliphatic rings. The summed E-state index contributed by atoms with van der Waals surface area (Å²) in [5, 5.41) is 5.66. The van der Waals surface area contributed by atoms with Crippen LogP contribution in [0.2, 0.25) is 0 Å². The van der Waals surface area contributed by atoms with E-state index in [0.29, 0.717) is 10.4 Å². The Kier molecular flexibility index (Phi) is 4.02. The van der Waals surface area contributed by atoms with Gasteiger partial charge in [0, 0.05) is 17.3 Å². The fraction of sp³-hybridized carbons (Fsp3) is 0.250. The molecule has 0 spiro atoms. The van der Waals surface area contributed by atoms with Gasteiger partial charge in [0.15, 0.2) is 10.4 Å². The molecule has 0 unspecified atom stereocenters. The Hall–Kier alpha value is -2.08. The minimum Gasteiger partial charge on any atom is -0.444 e. The fourth-order valence-electron chi connectivity index (χ4n) is 2.04. The number of rotatable bonds is 4. The molecule has 0 atom stereocenters. The van der Waals surface area contributed by atoms with Crippen molar-refractivity contribution in [1.82, 2.24) is 0 Å². The summed E-state index contributed by atoms with van der Waals surface area (Å²) in [5.74, 6) is 0.0599. The Labute approximate surface area is 136 Å². The van der Waals surface area contributed by atoms with Gasteiger partial charge in [0.2, 0.25) is 5.91 Å². The van der Waals surface area contributed by atoms with E-state index in [2.05, 4.69) is 26.6 Å². The number of amides is 2. The maximum Gasteiger partial charge on any atom is 0.291 e. The quantitative estimate of drug-likeness (QED) is 0.864. The van der Waals surface area contributed by atoms with Crippen molar-refractivity contribution >= 4 is 39.1 Å². The summed E-state index contributed by atoms with van der Waals surface area (Å²) in [4.78, 5) is 23.9. The van der Waals surface area contributed by atoms with Gasteiger partial charge < -0.3 is 15.1 Å². The first-order valence-electron chi connectivity index (χ1n) is 7.01. The van der Waals surface area contributed by atoms with Crippen LogP contribution in [-0.4, -0.2) is 11.8 Å². The van der Waals surface area contributed by atoms with E-state index >= 15 is 0 Å². The number of hydrogen-bond donors (Lipinski definition) is 2. The van der Waals surface area contributed by atoms with Gasteiger partial charge in [-0.2, -0.15) is 0 Å².